The molecule has 2 heteroatoms. The summed E-state index contributed by atoms with van der Waals surface area (Å²) in [6, 6.07) is 10.0. The lowest BCUT2D eigenvalue weighted by Gasteiger charge is -2.37. The summed E-state index contributed by atoms with van der Waals surface area (Å²) in [6.07, 6.45) is 5.44. The number of nitrogens with two attached hydrogens (primary N) is 1. The minimum Gasteiger partial charge on any atom is -0.329 e. The molecule has 1 fully saturated rings. The minimum atomic E-state index is 0.376. The van der Waals surface area contributed by atoms with Gasteiger partial charge in [-0.15, -0.1) is 0 Å². The molecule has 1 aromatic carbocycles. The van der Waals surface area contributed by atoms with Gasteiger partial charge in [0, 0.05) is 25.2 Å². The molecule has 2 nitrogen and oxygen atoms in total. The molecule has 2 rings (SSSR count). The number of benzene rings is 1. The Kier molecular flexibility index (Phi) is 5.62. The van der Waals surface area contributed by atoms with E-state index in [0.29, 0.717) is 18.5 Å². The van der Waals surface area contributed by atoms with Crippen molar-refractivity contribution in [3.63, 3.8) is 0 Å². The zero-order valence-corrected chi connectivity index (χ0v) is 13.3. The van der Waals surface area contributed by atoms with Crippen LogP contribution in [0.25, 0.3) is 0 Å². The van der Waals surface area contributed by atoms with Gasteiger partial charge in [-0.05, 0) is 31.2 Å². The maximum absolute atomic E-state index is 6.15. The summed E-state index contributed by atoms with van der Waals surface area (Å²) in [7, 11) is 0. The van der Waals surface area contributed by atoms with Gasteiger partial charge in [-0.25, -0.2) is 0 Å². The van der Waals surface area contributed by atoms with Crippen LogP contribution in [-0.4, -0.2) is 24.0 Å². The van der Waals surface area contributed by atoms with Gasteiger partial charge in [-0.2, -0.15) is 0 Å². The van der Waals surface area contributed by atoms with Crippen LogP contribution in [0.15, 0.2) is 24.3 Å². The molecular weight excluding hydrogens is 244 g/mol. The molecular formula is C18H30N2. The Morgan fingerprint density at radius 2 is 1.75 bits per heavy atom. The predicted molar refractivity (Wildman–Crippen MR) is 86.8 cm³/mol. The molecule has 0 radical (unpaired) electrons. The molecule has 2 N–H and O–H groups in total. The van der Waals surface area contributed by atoms with Gasteiger partial charge in [-0.1, -0.05) is 56.5 Å². The van der Waals surface area contributed by atoms with Gasteiger partial charge in [-0.3, -0.25) is 4.90 Å². The van der Waals surface area contributed by atoms with Crippen molar-refractivity contribution in [3.8, 4) is 0 Å². The summed E-state index contributed by atoms with van der Waals surface area (Å²) in [5.74, 6) is 0.690. The van der Waals surface area contributed by atoms with E-state index in [2.05, 4.69) is 49.9 Å². The monoisotopic (exact) mass is 274 g/mol. The second-order valence-corrected chi connectivity index (χ2v) is 6.69. The lowest BCUT2D eigenvalue weighted by molar-refractivity contribution is 0.121. The maximum Gasteiger partial charge on any atom is 0.0473 e. The van der Waals surface area contributed by atoms with E-state index in [1.807, 2.05) is 0 Å². The second kappa shape index (κ2) is 7.24. The highest BCUT2D eigenvalue weighted by atomic mass is 15.2. The Morgan fingerprint density at radius 3 is 2.25 bits per heavy atom. The molecule has 0 amide bonds. The van der Waals surface area contributed by atoms with Gasteiger partial charge in [0.05, 0.1) is 0 Å². The van der Waals surface area contributed by atoms with Gasteiger partial charge in [0.2, 0.25) is 0 Å². The van der Waals surface area contributed by atoms with Crippen LogP contribution >= 0.6 is 0 Å². The summed E-state index contributed by atoms with van der Waals surface area (Å²) in [5, 5.41) is 0. The van der Waals surface area contributed by atoms with Crippen LogP contribution in [0.4, 0.5) is 0 Å². The molecule has 1 unspecified atom stereocenters. The molecule has 0 aliphatic heterocycles. The fourth-order valence-electron chi connectivity index (χ4n) is 3.44. The zero-order chi connectivity index (χ0) is 14.5. The van der Waals surface area contributed by atoms with Crippen molar-refractivity contribution >= 4 is 0 Å². The van der Waals surface area contributed by atoms with E-state index in [4.69, 9.17) is 5.73 Å². The van der Waals surface area contributed by atoms with E-state index in [1.54, 1.807) is 0 Å². The predicted octanol–water partition coefficient (Wildman–Crippen LogP) is 3.90. The minimum absolute atomic E-state index is 0.376. The molecule has 112 valence electrons. The highest BCUT2D eigenvalue weighted by molar-refractivity contribution is 5.24. The van der Waals surface area contributed by atoms with E-state index < -0.39 is 0 Å². The van der Waals surface area contributed by atoms with Crippen molar-refractivity contribution in [1.82, 2.24) is 4.90 Å². The van der Waals surface area contributed by atoms with Crippen molar-refractivity contribution in [2.45, 2.75) is 58.5 Å². The van der Waals surface area contributed by atoms with Gasteiger partial charge >= 0.3 is 0 Å². The SMILES string of the molecule is Cc1ccc(C(CN)N(CC(C)C)C2CCCC2)cc1. The first kappa shape index (κ1) is 15.5. The lowest BCUT2D eigenvalue weighted by Crippen LogP contribution is -2.42. The van der Waals surface area contributed by atoms with Crippen molar-refractivity contribution in [2.75, 3.05) is 13.1 Å². The Balaban J connectivity index is 2.20. The zero-order valence-electron chi connectivity index (χ0n) is 13.3. The molecule has 1 atom stereocenters. The molecule has 0 aromatic heterocycles. The first-order chi connectivity index (χ1) is 9.61. The van der Waals surface area contributed by atoms with Crippen LogP contribution < -0.4 is 5.73 Å². The normalized spacial score (nSPS) is 18.1. The largest absolute Gasteiger partial charge is 0.329 e. The van der Waals surface area contributed by atoms with Crippen molar-refractivity contribution in [2.24, 2.45) is 11.7 Å². The van der Waals surface area contributed by atoms with Gasteiger partial charge in [0.25, 0.3) is 0 Å². The van der Waals surface area contributed by atoms with E-state index >= 15 is 0 Å². The second-order valence-electron chi connectivity index (χ2n) is 6.69. The van der Waals surface area contributed by atoms with Gasteiger partial charge < -0.3 is 5.73 Å². The summed E-state index contributed by atoms with van der Waals surface area (Å²) < 4.78 is 0. The average molecular weight is 274 g/mol. The highest BCUT2D eigenvalue weighted by Gasteiger charge is 2.29. The van der Waals surface area contributed by atoms with Crippen LogP contribution in [0.1, 0.15) is 56.7 Å². The van der Waals surface area contributed by atoms with E-state index in [-0.39, 0.29) is 0 Å². The number of hydrogen-bond donors (Lipinski definition) is 1. The summed E-state index contributed by atoms with van der Waals surface area (Å²) in [6.45, 7) is 8.63. The van der Waals surface area contributed by atoms with Crippen LogP contribution in [0, 0.1) is 12.8 Å². The Hall–Kier alpha value is -0.860. The molecule has 0 bridgehead atoms. The van der Waals surface area contributed by atoms with Gasteiger partial charge in [0.15, 0.2) is 0 Å². The van der Waals surface area contributed by atoms with Gasteiger partial charge in [0.1, 0.15) is 0 Å². The van der Waals surface area contributed by atoms with Crippen LogP contribution in [0.5, 0.6) is 0 Å². The van der Waals surface area contributed by atoms with Crippen molar-refractivity contribution in [1.29, 1.82) is 0 Å². The molecule has 20 heavy (non-hydrogen) atoms. The summed E-state index contributed by atoms with van der Waals surface area (Å²) >= 11 is 0. The molecule has 1 aliphatic carbocycles. The molecule has 1 aliphatic rings. The van der Waals surface area contributed by atoms with Crippen molar-refractivity contribution in [3.05, 3.63) is 35.4 Å². The third-order valence-corrected chi connectivity index (χ3v) is 4.46. The number of rotatable bonds is 6. The lowest BCUT2D eigenvalue weighted by atomic mass is 9.99. The van der Waals surface area contributed by atoms with E-state index in [1.165, 1.54) is 36.8 Å². The molecule has 1 saturated carbocycles. The Bertz CT molecular complexity index is 390. The third-order valence-electron chi connectivity index (χ3n) is 4.46. The van der Waals surface area contributed by atoms with Crippen LogP contribution in [-0.2, 0) is 0 Å². The quantitative estimate of drug-likeness (QED) is 0.852. The maximum atomic E-state index is 6.15. The van der Waals surface area contributed by atoms with E-state index in [0.717, 1.165) is 12.6 Å². The summed E-state index contributed by atoms with van der Waals surface area (Å²) in [4.78, 5) is 2.68. The first-order valence-corrected chi connectivity index (χ1v) is 8.14. The number of hydrogen-bond acceptors (Lipinski definition) is 2. The van der Waals surface area contributed by atoms with E-state index in [9.17, 15) is 0 Å². The third kappa shape index (κ3) is 3.83. The first-order valence-electron chi connectivity index (χ1n) is 8.14. The average Bonchev–Trinajstić information content (AvgIpc) is 2.94. The Morgan fingerprint density at radius 1 is 1.15 bits per heavy atom. The Labute approximate surface area is 124 Å². The van der Waals surface area contributed by atoms with Crippen LogP contribution in [0.3, 0.4) is 0 Å². The number of nitrogens with zero attached hydrogens (tertiary/aromatic N) is 1. The molecule has 0 saturated heterocycles. The molecule has 0 spiro atoms. The molecule has 0 heterocycles. The molecule has 1 aromatic rings. The fraction of sp³-hybridized carbons (Fsp3) is 0.667. The topological polar surface area (TPSA) is 29.3 Å². The van der Waals surface area contributed by atoms with Crippen molar-refractivity contribution < 1.29 is 0 Å². The fourth-order valence-corrected chi connectivity index (χ4v) is 3.44. The van der Waals surface area contributed by atoms with Crippen LogP contribution in [0.2, 0.25) is 0 Å². The smallest absolute Gasteiger partial charge is 0.0473 e. The number of aryl methyl sites for hydroxylation is 1. The standard InChI is InChI=1S/C18H30N2/c1-14(2)13-20(17-6-4-5-7-17)18(12-19)16-10-8-15(3)9-11-16/h8-11,14,17-18H,4-7,12-13,19H2,1-3H3. The summed E-state index contributed by atoms with van der Waals surface area (Å²) in [5.41, 5.74) is 8.85. The highest BCUT2D eigenvalue weighted by Crippen LogP contribution is 2.31.